The van der Waals surface area contributed by atoms with Crippen molar-refractivity contribution in [1.29, 1.82) is 0 Å². The Morgan fingerprint density at radius 3 is 2.52 bits per heavy atom. The van der Waals surface area contributed by atoms with Crippen molar-refractivity contribution in [3.8, 4) is 0 Å². The van der Waals surface area contributed by atoms with Crippen LogP contribution >= 0.6 is 15.9 Å². The van der Waals surface area contributed by atoms with Crippen LogP contribution in [0.3, 0.4) is 0 Å². The number of nitrogens with one attached hydrogen (secondary N) is 2. The van der Waals surface area contributed by atoms with Crippen LogP contribution in [0.2, 0.25) is 0 Å². The Morgan fingerprint density at radius 2 is 1.87 bits per heavy atom. The molecule has 2 N–H and O–H groups in total. The van der Waals surface area contributed by atoms with Crippen molar-refractivity contribution in [2.75, 3.05) is 6.54 Å². The van der Waals surface area contributed by atoms with Gasteiger partial charge in [-0.05, 0) is 30.2 Å². The van der Waals surface area contributed by atoms with Gasteiger partial charge in [0.1, 0.15) is 5.82 Å². The highest BCUT2D eigenvalue weighted by Crippen LogP contribution is 2.19. The zero-order valence-electron chi connectivity index (χ0n) is 13.0. The molecule has 0 heterocycles. The van der Waals surface area contributed by atoms with E-state index in [2.05, 4.69) is 33.5 Å². The lowest BCUT2D eigenvalue weighted by Crippen LogP contribution is -2.35. The highest BCUT2D eigenvalue weighted by molar-refractivity contribution is 9.10. The number of halogens is 2. The number of rotatable bonds is 7. The summed E-state index contributed by atoms with van der Waals surface area (Å²) in [6, 6.07) is 14.6. The van der Waals surface area contributed by atoms with Crippen LogP contribution in [0.4, 0.5) is 4.39 Å². The minimum Gasteiger partial charge on any atom is -0.351 e. The van der Waals surface area contributed by atoms with E-state index >= 15 is 0 Å². The molecule has 0 fully saturated rings. The van der Waals surface area contributed by atoms with Gasteiger partial charge in [0, 0.05) is 22.6 Å². The summed E-state index contributed by atoms with van der Waals surface area (Å²) in [4.78, 5) is 11.9. The van der Waals surface area contributed by atoms with E-state index in [9.17, 15) is 9.18 Å². The average molecular weight is 379 g/mol. The second kappa shape index (κ2) is 8.79. The molecule has 0 saturated heterocycles. The molecule has 2 aromatic carbocycles. The number of benzene rings is 2. The van der Waals surface area contributed by atoms with Crippen molar-refractivity contribution in [3.05, 3.63) is 69.9 Å². The molecule has 0 bridgehead atoms. The van der Waals surface area contributed by atoms with Crippen LogP contribution in [0.5, 0.6) is 0 Å². The summed E-state index contributed by atoms with van der Waals surface area (Å²) in [5, 5.41) is 5.97. The Hall–Kier alpha value is -1.72. The first-order valence-corrected chi connectivity index (χ1v) is 8.38. The van der Waals surface area contributed by atoms with E-state index in [-0.39, 0.29) is 30.9 Å². The highest BCUT2D eigenvalue weighted by atomic mass is 79.9. The molecule has 0 saturated carbocycles. The number of amides is 1. The van der Waals surface area contributed by atoms with Gasteiger partial charge in [-0.25, -0.2) is 4.39 Å². The van der Waals surface area contributed by atoms with E-state index in [1.807, 2.05) is 24.3 Å². The van der Waals surface area contributed by atoms with E-state index in [1.54, 1.807) is 18.2 Å². The summed E-state index contributed by atoms with van der Waals surface area (Å²) in [6.07, 6.45) is 0.877. The van der Waals surface area contributed by atoms with E-state index in [0.29, 0.717) is 5.56 Å². The van der Waals surface area contributed by atoms with E-state index in [1.165, 1.54) is 6.07 Å². The predicted octanol–water partition coefficient (Wildman–Crippen LogP) is 3.95. The number of carbonyl (C=O) groups is 1. The topological polar surface area (TPSA) is 41.1 Å². The fraction of sp³-hybridized carbons (Fsp3) is 0.278. The maximum absolute atomic E-state index is 13.5. The van der Waals surface area contributed by atoms with Crippen LogP contribution < -0.4 is 10.6 Å². The second-order valence-electron chi connectivity index (χ2n) is 5.26. The van der Waals surface area contributed by atoms with Crippen LogP contribution in [0.15, 0.2) is 53.0 Å². The summed E-state index contributed by atoms with van der Waals surface area (Å²) < 4.78 is 14.5. The molecule has 0 radical (unpaired) electrons. The number of carbonyl (C=O) groups excluding carboxylic acids is 1. The van der Waals surface area contributed by atoms with Crippen LogP contribution in [0.25, 0.3) is 0 Å². The molecule has 0 aliphatic carbocycles. The van der Waals surface area contributed by atoms with Gasteiger partial charge in [-0.15, -0.1) is 0 Å². The van der Waals surface area contributed by atoms with Crippen molar-refractivity contribution in [2.45, 2.75) is 25.9 Å². The third-order valence-corrected chi connectivity index (χ3v) is 4.15. The second-order valence-corrected chi connectivity index (χ2v) is 6.18. The van der Waals surface area contributed by atoms with Crippen LogP contribution in [0.1, 0.15) is 30.5 Å². The summed E-state index contributed by atoms with van der Waals surface area (Å²) in [6.45, 7) is 2.46. The first kappa shape index (κ1) is 17.6. The molecule has 1 atom stereocenters. The maximum Gasteiger partial charge on any atom is 0.234 e. The largest absolute Gasteiger partial charge is 0.351 e. The average Bonchev–Trinajstić information content (AvgIpc) is 2.56. The molecule has 23 heavy (non-hydrogen) atoms. The van der Waals surface area contributed by atoms with Crippen LogP contribution in [-0.4, -0.2) is 12.5 Å². The highest BCUT2D eigenvalue weighted by Gasteiger charge is 2.11. The van der Waals surface area contributed by atoms with Gasteiger partial charge >= 0.3 is 0 Å². The van der Waals surface area contributed by atoms with Gasteiger partial charge in [-0.1, -0.05) is 53.2 Å². The van der Waals surface area contributed by atoms with Crippen molar-refractivity contribution in [1.82, 2.24) is 10.6 Å². The SMILES string of the molecule is CC[C@H](NCC(=O)NCc1ccccc1F)c1ccc(Br)cc1. The molecule has 0 aromatic heterocycles. The number of hydrogen-bond donors (Lipinski definition) is 2. The fourth-order valence-corrected chi connectivity index (χ4v) is 2.57. The molecule has 0 spiro atoms. The minimum absolute atomic E-state index is 0.113. The lowest BCUT2D eigenvalue weighted by Gasteiger charge is -2.17. The first-order valence-electron chi connectivity index (χ1n) is 7.59. The molecule has 0 unspecified atom stereocenters. The molecule has 0 aliphatic rings. The number of hydrogen-bond acceptors (Lipinski definition) is 2. The van der Waals surface area contributed by atoms with Gasteiger partial charge in [0.25, 0.3) is 0 Å². The Kier molecular flexibility index (Phi) is 6.74. The zero-order valence-corrected chi connectivity index (χ0v) is 14.6. The van der Waals surface area contributed by atoms with Gasteiger partial charge in [-0.3, -0.25) is 4.79 Å². The van der Waals surface area contributed by atoms with Crippen molar-refractivity contribution in [3.63, 3.8) is 0 Å². The molecule has 5 heteroatoms. The van der Waals surface area contributed by atoms with Crippen molar-refractivity contribution >= 4 is 21.8 Å². The van der Waals surface area contributed by atoms with E-state index < -0.39 is 0 Å². The van der Waals surface area contributed by atoms with Crippen molar-refractivity contribution in [2.24, 2.45) is 0 Å². The normalized spacial score (nSPS) is 12.0. The van der Waals surface area contributed by atoms with E-state index in [0.717, 1.165) is 16.5 Å². The third-order valence-electron chi connectivity index (χ3n) is 3.62. The van der Waals surface area contributed by atoms with Crippen molar-refractivity contribution < 1.29 is 9.18 Å². The predicted molar refractivity (Wildman–Crippen MR) is 93.4 cm³/mol. The third kappa shape index (κ3) is 5.44. The summed E-state index contributed by atoms with van der Waals surface area (Å²) in [7, 11) is 0. The summed E-state index contributed by atoms with van der Waals surface area (Å²) >= 11 is 3.41. The lowest BCUT2D eigenvalue weighted by atomic mass is 10.0. The van der Waals surface area contributed by atoms with Crippen LogP contribution in [-0.2, 0) is 11.3 Å². The van der Waals surface area contributed by atoms with Crippen LogP contribution in [0, 0.1) is 5.82 Å². The van der Waals surface area contributed by atoms with Gasteiger partial charge in [0.2, 0.25) is 5.91 Å². The minimum atomic E-state index is -0.304. The molecular formula is C18H20BrFN2O. The quantitative estimate of drug-likeness (QED) is 0.765. The molecule has 122 valence electrons. The monoisotopic (exact) mass is 378 g/mol. The summed E-state index contributed by atoms with van der Waals surface area (Å²) in [5.41, 5.74) is 1.62. The molecule has 0 aliphatic heterocycles. The van der Waals surface area contributed by atoms with Gasteiger partial charge < -0.3 is 10.6 Å². The Morgan fingerprint density at radius 1 is 1.17 bits per heavy atom. The Labute approximate surface area is 144 Å². The Balaban J connectivity index is 1.83. The molecule has 2 rings (SSSR count). The zero-order chi connectivity index (χ0) is 16.7. The molecular weight excluding hydrogens is 359 g/mol. The molecule has 3 nitrogen and oxygen atoms in total. The first-order chi connectivity index (χ1) is 11.1. The van der Waals surface area contributed by atoms with E-state index in [4.69, 9.17) is 0 Å². The molecule has 1 amide bonds. The Bertz CT molecular complexity index is 646. The van der Waals surface area contributed by atoms with Gasteiger partial charge in [0.15, 0.2) is 0 Å². The van der Waals surface area contributed by atoms with Gasteiger partial charge in [0.05, 0.1) is 6.54 Å². The maximum atomic E-state index is 13.5. The molecule has 2 aromatic rings. The standard InChI is InChI=1S/C18H20BrFN2O/c1-2-17(13-7-9-15(19)10-8-13)21-12-18(23)22-11-14-5-3-4-6-16(14)20/h3-10,17,21H,2,11-12H2,1H3,(H,22,23)/t17-/m0/s1. The fourth-order valence-electron chi connectivity index (χ4n) is 2.31. The summed E-state index contributed by atoms with van der Waals surface area (Å²) in [5.74, 6) is -0.453. The lowest BCUT2D eigenvalue weighted by molar-refractivity contribution is -0.120. The van der Waals surface area contributed by atoms with Gasteiger partial charge in [-0.2, -0.15) is 0 Å². The smallest absolute Gasteiger partial charge is 0.234 e.